The quantitative estimate of drug-likeness (QED) is 0.757. The largest absolute Gasteiger partial charge is 0.352 e. The van der Waals surface area contributed by atoms with Crippen molar-refractivity contribution in [2.24, 2.45) is 0 Å². The summed E-state index contributed by atoms with van der Waals surface area (Å²) < 4.78 is 0. The molecule has 3 heterocycles. The molecule has 9 heteroatoms. The summed E-state index contributed by atoms with van der Waals surface area (Å²) in [5.74, 6) is 1.41. The van der Waals surface area contributed by atoms with Crippen LogP contribution in [0.1, 0.15) is 0 Å². The van der Waals surface area contributed by atoms with E-state index < -0.39 is 0 Å². The van der Waals surface area contributed by atoms with E-state index in [2.05, 4.69) is 35.5 Å². The Balaban J connectivity index is 1.36. The number of anilines is 2. The van der Waals surface area contributed by atoms with Gasteiger partial charge in [-0.25, -0.2) is 19.7 Å². The van der Waals surface area contributed by atoms with E-state index in [0.717, 1.165) is 18.9 Å². The maximum Gasteiger partial charge on any atom is 0.317 e. The van der Waals surface area contributed by atoms with E-state index >= 15 is 0 Å². The number of aromatic nitrogens is 4. The molecule has 0 aliphatic carbocycles. The first kappa shape index (κ1) is 15.9. The molecule has 126 valence electrons. The molecular weight excluding hydrogens is 308 g/mol. The second-order valence-electron chi connectivity index (χ2n) is 5.27. The first-order valence-corrected chi connectivity index (χ1v) is 7.87. The summed E-state index contributed by atoms with van der Waals surface area (Å²) in [5, 5.41) is 5.95. The van der Waals surface area contributed by atoms with Crippen LogP contribution >= 0.6 is 0 Å². The standard InChI is InChI=1S/C15H20N8O/c24-15(21-7-6-20-14-18-2-1-3-19-14)23-10-8-22(9-11-23)13-12-16-4-5-17-13/h1-5,12H,6-11H2,(H,21,24)(H,18,19,20). The minimum Gasteiger partial charge on any atom is -0.352 e. The Hall–Kier alpha value is -2.97. The number of amides is 2. The molecule has 2 N–H and O–H groups in total. The third-order valence-electron chi connectivity index (χ3n) is 3.69. The van der Waals surface area contributed by atoms with Crippen LogP contribution in [0.2, 0.25) is 0 Å². The lowest BCUT2D eigenvalue weighted by Crippen LogP contribution is -2.52. The minimum absolute atomic E-state index is 0.0513. The Morgan fingerprint density at radius 3 is 2.50 bits per heavy atom. The van der Waals surface area contributed by atoms with Crippen molar-refractivity contribution in [3.8, 4) is 0 Å². The molecule has 0 spiro atoms. The van der Waals surface area contributed by atoms with E-state index in [1.54, 1.807) is 37.1 Å². The van der Waals surface area contributed by atoms with E-state index in [-0.39, 0.29) is 6.03 Å². The topological polar surface area (TPSA) is 99.2 Å². The molecular formula is C15H20N8O. The maximum absolute atomic E-state index is 12.2. The highest BCUT2D eigenvalue weighted by molar-refractivity contribution is 5.74. The number of hydrogen-bond donors (Lipinski definition) is 2. The van der Waals surface area contributed by atoms with Gasteiger partial charge in [0.2, 0.25) is 5.95 Å². The number of rotatable bonds is 5. The zero-order valence-corrected chi connectivity index (χ0v) is 13.3. The minimum atomic E-state index is -0.0513. The molecule has 1 aliphatic rings. The highest BCUT2D eigenvalue weighted by Crippen LogP contribution is 2.11. The molecule has 2 aromatic rings. The van der Waals surface area contributed by atoms with Gasteiger partial charge in [-0.2, -0.15) is 0 Å². The molecule has 0 saturated carbocycles. The van der Waals surface area contributed by atoms with Crippen molar-refractivity contribution >= 4 is 17.8 Å². The van der Waals surface area contributed by atoms with Crippen molar-refractivity contribution in [2.75, 3.05) is 49.5 Å². The fraction of sp³-hybridized carbons (Fsp3) is 0.400. The molecule has 0 atom stereocenters. The highest BCUT2D eigenvalue weighted by Gasteiger charge is 2.21. The van der Waals surface area contributed by atoms with Gasteiger partial charge in [0, 0.05) is 64.1 Å². The van der Waals surface area contributed by atoms with Crippen molar-refractivity contribution in [1.82, 2.24) is 30.2 Å². The average Bonchev–Trinajstić information content (AvgIpc) is 2.67. The summed E-state index contributed by atoms with van der Waals surface area (Å²) in [6.07, 6.45) is 8.42. The molecule has 0 radical (unpaired) electrons. The van der Waals surface area contributed by atoms with E-state index in [1.807, 2.05) is 4.90 Å². The second-order valence-corrected chi connectivity index (χ2v) is 5.27. The van der Waals surface area contributed by atoms with Gasteiger partial charge < -0.3 is 20.4 Å². The Morgan fingerprint density at radius 2 is 1.79 bits per heavy atom. The van der Waals surface area contributed by atoms with Crippen LogP contribution in [0.5, 0.6) is 0 Å². The lowest BCUT2D eigenvalue weighted by Gasteiger charge is -2.35. The number of urea groups is 1. The van der Waals surface area contributed by atoms with Gasteiger partial charge in [-0.15, -0.1) is 0 Å². The van der Waals surface area contributed by atoms with Crippen LogP contribution in [0.4, 0.5) is 16.6 Å². The Morgan fingerprint density at radius 1 is 1.00 bits per heavy atom. The summed E-state index contributed by atoms with van der Waals surface area (Å²) in [4.78, 5) is 32.6. The maximum atomic E-state index is 12.2. The highest BCUT2D eigenvalue weighted by atomic mass is 16.2. The summed E-state index contributed by atoms with van der Waals surface area (Å²) in [6, 6.07) is 1.71. The zero-order chi connectivity index (χ0) is 16.6. The summed E-state index contributed by atoms with van der Waals surface area (Å²) in [5.41, 5.74) is 0. The Kier molecular flexibility index (Phi) is 5.33. The number of carbonyl (C=O) groups excluding carboxylic acids is 1. The van der Waals surface area contributed by atoms with E-state index in [4.69, 9.17) is 0 Å². The second kappa shape index (κ2) is 8.04. The van der Waals surface area contributed by atoms with Gasteiger partial charge >= 0.3 is 6.03 Å². The fourth-order valence-electron chi connectivity index (χ4n) is 2.44. The predicted octanol–water partition coefficient (Wildman–Crippen LogP) is 0.210. The first-order chi connectivity index (χ1) is 11.8. The normalized spacial score (nSPS) is 14.3. The van der Waals surface area contributed by atoms with Crippen molar-refractivity contribution in [1.29, 1.82) is 0 Å². The van der Waals surface area contributed by atoms with Gasteiger partial charge in [0.25, 0.3) is 0 Å². The van der Waals surface area contributed by atoms with Crippen LogP contribution in [0.15, 0.2) is 37.1 Å². The molecule has 2 aromatic heterocycles. The summed E-state index contributed by atoms with van der Waals surface area (Å²) in [7, 11) is 0. The molecule has 9 nitrogen and oxygen atoms in total. The summed E-state index contributed by atoms with van der Waals surface area (Å²) >= 11 is 0. The first-order valence-electron chi connectivity index (χ1n) is 7.87. The summed E-state index contributed by atoms with van der Waals surface area (Å²) in [6.45, 7) is 3.93. The van der Waals surface area contributed by atoms with Crippen LogP contribution in [-0.4, -0.2) is 70.1 Å². The number of piperazine rings is 1. The smallest absolute Gasteiger partial charge is 0.317 e. The molecule has 0 bridgehead atoms. The number of nitrogens with one attached hydrogen (secondary N) is 2. The van der Waals surface area contributed by atoms with Gasteiger partial charge in [0.1, 0.15) is 5.82 Å². The monoisotopic (exact) mass is 328 g/mol. The van der Waals surface area contributed by atoms with Crippen LogP contribution in [0.25, 0.3) is 0 Å². The lowest BCUT2D eigenvalue weighted by atomic mass is 10.3. The van der Waals surface area contributed by atoms with Crippen LogP contribution in [-0.2, 0) is 0 Å². The molecule has 1 aliphatic heterocycles. The van der Waals surface area contributed by atoms with Crippen LogP contribution in [0.3, 0.4) is 0 Å². The SMILES string of the molecule is O=C(NCCNc1ncccn1)N1CCN(c2cnccn2)CC1. The molecule has 3 rings (SSSR count). The van der Waals surface area contributed by atoms with Crippen LogP contribution < -0.4 is 15.5 Å². The number of hydrogen-bond acceptors (Lipinski definition) is 7. The Labute approximate surface area is 140 Å². The lowest BCUT2D eigenvalue weighted by molar-refractivity contribution is 0.194. The van der Waals surface area contributed by atoms with Crippen molar-refractivity contribution in [3.05, 3.63) is 37.1 Å². The average molecular weight is 328 g/mol. The van der Waals surface area contributed by atoms with Crippen LogP contribution in [0, 0.1) is 0 Å². The number of nitrogens with zero attached hydrogens (tertiary/aromatic N) is 6. The van der Waals surface area contributed by atoms with Crippen molar-refractivity contribution in [3.63, 3.8) is 0 Å². The van der Waals surface area contributed by atoms with Gasteiger partial charge in [0.05, 0.1) is 6.20 Å². The molecule has 0 aromatic carbocycles. The van der Waals surface area contributed by atoms with Crippen molar-refractivity contribution in [2.45, 2.75) is 0 Å². The zero-order valence-electron chi connectivity index (χ0n) is 13.3. The third kappa shape index (κ3) is 4.28. The molecule has 1 fully saturated rings. The van der Waals surface area contributed by atoms with Gasteiger partial charge in [-0.1, -0.05) is 0 Å². The fourth-order valence-corrected chi connectivity index (χ4v) is 2.44. The van der Waals surface area contributed by atoms with Gasteiger partial charge in [0.15, 0.2) is 0 Å². The van der Waals surface area contributed by atoms with Gasteiger partial charge in [-0.3, -0.25) is 4.98 Å². The molecule has 24 heavy (non-hydrogen) atoms. The third-order valence-corrected chi connectivity index (χ3v) is 3.69. The van der Waals surface area contributed by atoms with Gasteiger partial charge in [-0.05, 0) is 6.07 Å². The predicted molar refractivity (Wildman–Crippen MR) is 89.7 cm³/mol. The molecule has 1 saturated heterocycles. The van der Waals surface area contributed by atoms with Crippen molar-refractivity contribution < 1.29 is 4.79 Å². The van der Waals surface area contributed by atoms with E-state index in [0.29, 0.717) is 32.1 Å². The Bertz CT molecular complexity index is 630. The van der Waals surface area contributed by atoms with E-state index in [9.17, 15) is 4.79 Å². The van der Waals surface area contributed by atoms with E-state index in [1.165, 1.54) is 0 Å². The molecule has 2 amide bonds. The molecule has 0 unspecified atom stereocenters. The number of carbonyl (C=O) groups is 1.